The highest BCUT2D eigenvalue weighted by Gasteiger charge is 2.05. The molecule has 0 saturated carbocycles. The van der Waals surface area contributed by atoms with Crippen molar-refractivity contribution in [2.45, 2.75) is 26.3 Å². The van der Waals surface area contributed by atoms with E-state index in [0.29, 0.717) is 12.0 Å². The second-order valence-corrected chi connectivity index (χ2v) is 3.20. The van der Waals surface area contributed by atoms with Gasteiger partial charge in [-0.05, 0) is 19.3 Å². The summed E-state index contributed by atoms with van der Waals surface area (Å²) in [7, 11) is 0.850. The number of rotatable bonds is 4. The molecule has 0 saturated heterocycles. The Morgan fingerprint density at radius 2 is 2.00 bits per heavy atom. The molecule has 0 rings (SSSR count). The summed E-state index contributed by atoms with van der Waals surface area (Å²) < 4.78 is 5.05. The Balaban J connectivity index is 0. The minimum Gasteiger partial charge on any atom is -0.428 e. The molecule has 10 heavy (non-hydrogen) atoms. The van der Waals surface area contributed by atoms with E-state index in [0.717, 1.165) is 23.5 Å². The molecule has 0 aromatic heterocycles. The fraction of sp³-hybridized carbons (Fsp3) is 1.00. The summed E-state index contributed by atoms with van der Waals surface area (Å²) in [5, 5.41) is 0. The molecule has 5 N–H and O–H groups in total. The summed E-state index contributed by atoms with van der Waals surface area (Å²) in [5.74, 6) is 0.596. The minimum absolute atomic E-state index is 0. The van der Waals surface area contributed by atoms with Crippen LogP contribution in [0.5, 0.6) is 0 Å². The van der Waals surface area contributed by atoms with Crippen LogP contribution in [0.1, 0.15) is 20.3 Å². The predicted octanol–water partition coefficient (Wildman–Crippen LogP) is -0.181. The lowest BCUT2D eigenvalue weighted by atomic mass is 10.0. The van der Waals surface area contributed by atoms with Crippen LogP contribution in [0, 0.1) is 5.92 Å². The van der Waals surface area contributed by atoms with E-state index < -0.39 is 0 Å². The van der Waals surface area contributed by atoms with Gasteiger partial charge in [0.1, 0.15) is 10.5 Å². The average molecular weight is 164 g/mol. The topological polar surface area (TPSA) is 70.2 Å². The molecule has 0 aromatic rings. The summed E-state index contributed by atoms with van der Waals surface area (Å²) in [5.41, 5.74) is 5.63. The second-order valence-electron chi connectivity index (χ2n) is 2.62. The van der Waals surface area contributed by atoms with E-state index >= 15 is 0 Å². The molecule has 0 fully saturated rings. The third-order valence-corrected chi connectivity index (χ3v) is 2.08. The molecule has 2 atom stereocenters. The quantitative estimate of drug-likeness (QED) is 0.566. The van der Waals surface area contributed by atoms with E-state index in [1.54, 1.807) is 0 Å². The normalized spacial score (nSPS) is 15.9. The van der Waals surface area contributed by atoms with Gasteiger partial charge in [-0.1, -0.05) is 6.92 Å². The highest BCUT2D eigenvalue weighted by atomic mass is 28.2. The lowest BCUT2D eigenvalue weighted by Gasteiger charge is -2.13. The monoisotopic (exact) mass is 164 g/mol. The van der Waals surface area contributed by atoms with Crippen LogP contribution in [0.3, 0.4) is 0 Å². The Bertz CT molecular complexity index is 70.8. The molecule has 0 aliphatic rings. The summed E-state index contributed by atoms with van der Waals surface area (Å²) in [4.78, 5) is 0. The zero-order valence-corrected chi connectivity index (χ0v) is 9.26. The van der Waals surface area contributed by atoms with Crippen LogP contribution in [0.15, 0.2) is 0 Å². The molecule has 0 aliphatic heterocycles. The average Bonchev–Trinajstić information content (AvgIpc) is 1.82. The lowest BCUT2D eigenvalue weighted by molar-refractivity contribution is 0.293. The molecule has 0 amide bonds. The smallest absolute Gasteiger partial charge is 0.145 e. The van der Waals surface area contributed by atoms with Crippen LogP contribution in [-0.4, -0.2) is 23.1 Å². The summed E-state index contributed by atoms with van der Waals surface area (Å²) >= 11 is 0. The first-order valence-electron chi connectivity index (χ1n) is 3.43. The Morgan fingerprint density at radius 3 is 2.30 bits per heavy atom. The Morgan fingerprint density at radius 1 is 1.50 bits per heavy atom. The van der Waals surface area contributed by atoms with Gasteiger partial charge >= 0.3 is 0 Å². The summed E-state index contributed by atoms with van der Waals surface area (Å²) in [6.45, 7) is 5.08. The van der Waals surface area contributed by atoms with Crippen LogP contribution < -0.4 is 11.9 Å². The SMILES string of the molecule is CC(N)C(C)CCO[SiH3].N. The molecular formula is C6H20N2OSi. The van der Waals surface area contributed by atoms with Crippen LogP contribution in [-0.2, 0) is 4.43 Å². The first-order valence-corrected chi connectivity index (χ1v) is 4.24. The maximum Gasteiger partial charge on any atom is 0.145 e. The summed E-state index contributed by atoms with van der Waals surface area (Å²) in [6.07, 6.45) is 1.10. The van der Waals surface area contributed by atoms with Gasteiger partial charge in [-0.15, -0.1) is 0 Å². The van der Waals surface area contributed by atoms with Crippen molar-refractivity contribution in [2.75, 3.05) is 6.61 Å². The van der Waals surface area contributed by atoms with Crippen molar-refractivity contribution in [1.82, 2.24) is 6.15 Å². The fourth-order valence-electron chi connectivity index (χ4n) is 0.567. The fourth-order valence-corrected chi connectivity index (χ4v) is 0.802. The highest BCUT2D eigenvalue weighted by Crippen LogP contribution is 2.04. The molecule has 0 spiro atoms. The standard InChI is InChI=1S/C6H17NOSi.H3N/c1-5(6(2)7)3-4-8-9;/h5-6H,3-4,7H2,1-2,9H3;1H3. The van der Waals surface area contributed by atoms with Crippen molar-refractivity contribution in [3.05, 3.63) is 0 Å². The van der Waals surface area contributed by atoms with E-state index in [1.165, 1.54) is 0 Å². The van der Waals surface area contributed by atoms with Crippen LogP contribution >= 0.6 is 0 Å². The van der Waals surface area contributed by atoms with Crippen molar-refractivity contribution in [3.8, 4) is 0 Å². The van der Waals surface area contributed by atoms with Gasteiger partial charge in [-0.2, -0.15) is 0 Å². The van der Waals surface area contributed by atoms with Gasteiger partial charge in [0.15, 0.2) is 0 Å². The molecule has 0 aromatic carbocycles. The number of hydrogen-bond acceptors (Lipinski definition) is 3. The Kier molecular flexibility index (Phi) is 9.19. The zero-order chi connectivity index (χ0) is 7.28. The first-order chi connectivity index (χ1) is 4.18. The van der Waals surface area contributed by atoms with Crippen molar-refractivity contribution in [3.63, 3.8) is 0 Å². The van der Waals surface area contributed by atoms with Crippen LogP contribution in [0.4, 0.5) is 0 Å². The lowest BCUT2D eigenvalue weighted by Crippen LogP contribution is -2.25. The van der Waals surface area contributed by atoms with Gasteiger partial charge in [0.2, 0.25) is 0 Å². The van der Waals surface area contributed by atoms with Crippen molar-refractivity contribution in [2.24, 2.45) is 11.7 Å². The molecule has 0 aliphatic carbocycles. The molecule has 2 unspecified atom stereocenters. The molecular weight excluding hydrogens is 144 g/mol. The van der Waals surface area contributed by atoms with Crippen molar-refractivity contribution >= 4 is 10.5 Å². The third-order valence-electron chi connectivity index (χ3n) is 1.67. The van der Waals surface area contributed by atoms with E-state index in [2.05, 4.69) is 6.92 Å². The predicted molar refractivity (Wildman–Crippen MR) is 48.3 cm³/mol. The maximum atomic E-state index is 5.63. The van der Waals surface area contributed by atoms with E-state index in [1.807, 2.05) is 6.92 Å². The summed E-state index contributed by atoms with van der Waals surface area (Å²) in [6, 6.07) is 0.307. The van der Waals surface area contributed by atoms with Gasteiger partial charge in [0.25, 0.3) is 0 Å². The molecule has 0 radical (unpaired) electrons. The first kappa shape index (κ1) is 12.7. The molecule has 4 heteroatoms. The van der Waals surface area contributed by atoms with Gasteiger partial charge in [-0.3, -0.25) is 0 Å². The molecule has 0 heterocycles. The minimum atomic E-state index is 0. The maximum absolute atomic E-state index is 5.63. The van der Waals surface area contributed by atoms with E-state index in [9.17, 15) is 0 Å². The van der Waals surface area contributed by atoms with Crippen molar-refractivity contribution in [1.29, 1.82) is 0 Å². The highest BCUT2D eigenvalue weighted by molar-refractivity contribution is 5.97. The second kappa shape index (κ2) is 7.21. The molecule has 0 bridgehead atoms. The largest absolute Gasteiger partial charge is 0.428 e. The number of hydrogen-bond donors (Lipinski definition) is 2. The van der Waals surface area contributed by atoms with Gasteiger partial charge < -0.3 is 16.3 Å². The third kappa shape index (κ3) is 6.22. The van der Waals surface area contributed by atoms with Gasteiger partial charge in [0.05, 0.1) is 0 Å². The van der Waals surface area contributed by atoms with Crippen molar-refractivity contribution < 1.29 is 4.43 Å². The van der Waals surface area contributed by atoms with Crippen LogP contribution in [0.25, 0.3) is 0 Å². The number of nitrogens with two attached hydrogens (primary N) is 1. The van der Waals surface area contributed by atoms with E-state index in [-0.39, 0.29) is 6.15 Å². The molecule has 3 nitrogen and oxygen atoms in total. The Labute approximate surface area is 66.4 Å². The molecule has 64 valence electrons. The van der Waals surface area contributed by atoms with Gasteiger partial charge in [-0.25, -0.2) is 0 Å². The van der Waals surface area contributed by atoms with E-state index in [4.69, 9.17) is 10.2 Å². The van der Waals surface area contributed by atoms with Crippen LogP contribution in [0.2, 0.25) is 0 Å². The Hall–Kier alpha value is 0.0969. The zero-order valence-electron chi connectivity index (χ0n) is 7.26. The van der Waals surface area contributed by atoms with Gasteiger partial charge in [0, 0.05) is 12.6 Å².